The Labute approximate surface area is 110 Å². The van der Waals surface area contributed by atoms with Crippen molar-refractivity contribution >= 4 is 22.7 Å². The molecule has 0 aliphatic carbocycles. The fourth-order valence-corrected chi connectivity index (χ4v) is 2.08. The number of fused-ring (bicyclic) bond motifs is 1. The summed E-state index contributed by atoms with van der Waals surface area (Å²) in [5.41, 5.74) is 2.15. The SMILES string of the molecule is Cc1nc2ccc(NC(=O)C3COCCN3)cc2o1. The molecule has 100 valence electrons. The molecule has 6 heteroatoms. The molecule has 1 amide bonds. The van der Waals surface area contributed by atoms with Crippen molar-refractivity contribution in [2.24, 2.45) is 0 Å². The van der Waals surface area contributed by atoms with Gasteiger partial charge in [-0.3, -0.25) is 4.79 Å². The number of hydrogen-bond donors (Lipinski definition) is 2. The molecule has 1 fully saturated rings. The highest BCUT2D eigenvalue weighted by Gasteiger charge is 2.21. The molecule has 2 aromatic rings. The van der Waals surface area contributed by atoms with E-state index in [1.807, 2.05) is 12.1 Å². The van der Waals surface area contributed by atoms with Crippen molar-refractivity contribution in [2.45, 2.75) is 13.0 Å². The summed E-state index contributed by atoms with van der Waals surface area (Å²) in [5, 5.41) is 5.95. The molecule has 0 saturated carbocycles. The van der Waals surface area contributed by atoms with Gasteiger partial charge in [0.2, 0.25) is 5.91 Å². The number of morpholine rings is 1. The van der Waals surface area contributed by atoms with Crippen molar-refractivity contribution in [3.63, 3.8) is 0 Å². The number of ether oxygens (including phenoxy) is 1. The van der Waals surface area contributed by atoms with Gasteiger partial charge in [-0.15, -0.1) is 0 Å². The normalized spacial score (nSPS) is 19.5. The van der Waals surface area contributed by atoms with Crippen LogP contribution in [-0.4, -0.2) is 36.7 Å². The second kappa shape index (κ2) is 4.99. The van der Waals surface area contributed by atoms with Gasteiger partial charge >= 0.3 is 0 Å². The number of oxazole rings is 1. The molecule has 3 rings (SSSR count). The lowest BCUT2D eigenvalue weighted by atomic mass is 10.2. The summed E-state index contributed by atoms with van der Waals surface area (Å²) >= 11 is 0. The maximum Gasteiger partial charge on any atom is 0.243 e. The molecule has 0 spiro atoms. The zero-order chi connectivity index (χ0) is 13.2. The van der Waals surface area contributed by atoms with Crippen LogP contribution in [0.15, 0.2) is 22.6 Å². The van der Waals surface area contributed by atoms with Crippen LogP contribution in [-0.2, 0) is 9.53 Å². The second-order valence-electron chi connectivity index (χ2n) is 4.49. The Hall–Kier alpha value is -1.92. The molecule has 0 radical (unpaired) electrons. The number of benzene rings is 1. The fourth-order valence-electron chi connectivity index (χ4n) is 2.08. The van der Waals surface area contributed by atoms with Gasteiger partial charge in [-0.05, 0) is 12.1 Å². The summed E-state index contributed by atoms with van der Waals surface area (Å²) in [7, 11) is 0. The van der Waals surface area contributed by atoms with Gasteiger partial charge in [-0.25, -0.2) is 4.98 Å². The van der Waals surface area contributed by atoms with Gasteiger partial charge in [0.1, 0.15) is 11.6 Å². The number of aromatic nitrogens is 1. The van der Waals surface area contributed by atoms with Crippen LogP contribution in [0.1, 0.15) is 5.89 Å². The number of carbonyl (C=O) groups excluding carboxylic acids is 1. The predicted octanol–water partition coefficient (Wildman–Crippen LogP) is 1.06. The van der Waals surface area contributed by atoms with Crippen molar-refractivity contribution in [1.29, 1.82) is 0 Å². The predicted molar refractivity (Wildman–Crippen MR) is 70.0 cm³/mol. The van der Waals surface area contributed by atoms with Gasteiger partial charge in [-0.1, -0.05) is 0 Å². The highest BCUT2D eigenvalue weighted by molar-refractivity contribution is 5.96. The molecule has 1 atom stereocenters. The van der Waals surface area contributed by atoms with Crippen LogP contribution in [0.25, 0.3) is 11.1 Å². The van der Waals surface area contributed by atoms with E-state index >= 15 is 0 Å². The average Bonchev–Trinajstić information content (AvgIpc) is 2.79. The molecule has 1 aromatic carbocycles. The summed E-state index contributed by atoms with van der Waals surface area (Å²) in [6, 6.07) is 5.11. The Kier molecular flexibility index (Phi) is 3.18. The van der Waals surface area contributed by atoms with Crippen molar-refractivity contribution < 1.29 is 13.9 Å². The van der Waals surface area contributed by atoms with E-state index in [4.69, 9.17) is 9.15 Å². The molecule has 1 unspecified atom stereocenters. The van der Waals surface area contributed by atoms with Crippen molar-refractivity contribution in [3.8, 4) is 0 Å². The van der Waals surface area contributed by atoms with Crippen molar-refractivity contribution in [1.82, 2.24) is 10.3 Å². The zero-order valence-corrected chi connectivity index (χ0v) is 10.6. The van der Waals surface area contributed by atoms with Gasteiger partial charge in [0.25, 0.3) is 0 Å². The van der Waals surface area contributed by atoms with Crippen LogP contribution in [0.2, 0.25) is 0 Å². The van der Waals surface area contributed by atoms with E-state index in [-0.39, 0.29) is 11.9 Å². The number of carbonyl (C=O) groups is 1. The fraction of sp³-hybridized carbons (Fsp3) is 0.385. The van der Waals surface area contributed by atoms with E-state index in [0.717, 1.165) is 5.52 Å². The minimum absolute atomic E-state index is 0.102. The lowest BCUT2D eigenvalue weighted by Crippen LogP contribution is -2.48. The maximum absolute atomic E-state index is 12.0. The summed E-state index contributed by atoms with van der Waals surface area (Å²) in [6.07, 6.45) is 0. The molecule has 6 nitrogen and oxygen atoms in total. The highest BCUT2D eigenvalue weighted by Crippen LogP contribution is 2.20. The van der Waals surface area contributed by atoms with E-state index in [1.165, 1.54) is 0 Å². The van der Waals surface area contributed by atoms with Crippen molar-refractivity contribution in [2.75, 3.05) is 25.1 Å². The number of rotatable bonds is 2. The quantitative estimate of drug-likeness (QED) is 0.845. The second-order valence-corrected chi connectivity index (χ2v) is 4.49. The Morgan fingerprint density at radius 3 is 3.21 bits per heavy atom. The molecule has 2 heterocycles. The van der Waals surface area contributed by atoms with Gasteiger partial charge in [0, 0.05) is 25.2 Å². The molecular weight excluding hydrogens is 246 g/mol. The van der Waals surface area contributed by atoms with Gasteiger partial charge in [-0.2, -0.15) is 0 Å². The van der Waals surface area contributed by atoms with Crippen LogP contribution in [0.4, 0.5) is 5.69 Å². The lowest BCUT2D eigenvalue weighted by Gasteiger charge is -2.22. The lowest BCUT2D eigenvalue weighted by molar-refractivity contribution is -0.120. The Morgan fingerprint density at radius 1 is 1.53 bits per heavy atom. The topological polar surface area (TPSA) is 76.4 Å². The summed E-state index contributed by atoms with van der Waals surface area (Å²) in [5.74, 6) is 0.510. The largest absolute Gasteiger partial charge is 0.441 e. The first-order valence-corrected chi connectivity index (χ1v) is 6.21. The van der Waals surface area contributed by atoms with Gasteiger partial charge < -0.3 is 19.8 Å². The standard InChI is InChI=1S/C13H15N3O3/c1-8-15-10-3-2-9(6-12(10)19-8)16-13(17)11-7-18-5-4-14-11/h2-3,6,11,14H,4-5,7H2,1H3,(H,16,17). The smallest absolute Gasteiger partial charge is 0.243 e. The monoisotopic (exact) mass is 261 g/mol. The van der Waals surface area contributed by atoms with Crippen molar-refractivity contribution in [3.05, 3.63) is 24.1 Å². The number of anilines is 1. The summed E-state index contributed by atoms with van der Waals surface area (Å²) < 4.78 is 10.7. The molecule has 2 N–H and O–H groups in total. The Balaban J connectivity index is 1.74. The molecule has 1 saturated heterocycles. The van der Waals surface area contributed by atoms with Gasteiger partial charge in [0.15, 0.2) is 11.5 Å². The highest BCUT2D eigenvalue weighted by atomic mass is 16.5. The van der Waals surface area contributed by atoms with Crippen LogP contribution >= 0.6 is 0 Å². The van der Waals surface area contributed by atoms with E-state index in [1.54, 1.807) is 13.0 Å². The van der Waals surface area contributed by atoms with E-state index in [0.29, 0.717) is 36.9 Å². The number of amides is 1. The third-order valence-corrected chi connectivity index (χ3v) is 3.00. The number of hydrogen-bond acceptors (Lipinski definition) is 5. The molecule has 1 aliphatic rings. The summed E-state index contributed by atoms with van der Waals surface area (Å²) in [6.45, 7) is 3.53. The summed E-state index contributed by atoms with van der Waals surface area (Å²) in [4.78, 5) is 16.2. The molecule has 1 aliphatic heterocycles. The zero-order valence-electron chi connectivity index (χ0n) is 10.6. The van der Waals surface area contributed by atoms with Crippen LogP contribution in [0.3, 0.4) is 0 Å². The molecule has 1 aromatic heterocycles. The van der Waals surface area contributed by atoms with Gasteiger partial charge in [0.05, 0.1) is 13.2 Å². The minimum atomic E-state index is -0.305. The van der Waals surface area contributed by atoms with E-state index < -0.39 is 0 Å². The number of nitrogens with zero attached hydrogens (tertiary/aromatic N) is 1. The molecular formula is C13H15N3O3. The Bertz CT molecular complexity index is 602. The first kappa shape index (κ1) is 12.1. The van der Waals surface area contributed by atoms with Crippen LogP contribution in [0.5, 0.6) is 0 Å². The first-order chi connectivity index (χ1) is 9.22. The molecule has 19 heavy (non-hydrogen) atoms. The van der Waals surface area contributed by atoms with E-state index in [9.17, 15) is 4.79 Å². The number of aryl methyl sites for hydroxylation is 1. The van der Waals surface area contributed by atoms with Crippen LogP contribution in [0, 0.1) is 6.92 Å². The maximum atomic E-state index is 12.0. The average molecular weight is 261 g/mol. The first-order valence-electron chi connectivity index (χ1n) is 6.21. The number of nitrogens with one attached hydrogen (secondary N) is 2. The van der Waals surface area contributed by atoms with Crippen LogP contribution < -0.4 is 10.6 Å². The minimum Gasteiger partial charge on any atom is -0.441 e. The Morgan fingerprint density at radius 2 is 2.42 bits per heavy atom. The van der Waals surface area contributed by atoms with E-state index in [2.05, 4.69) is 15.6 Å². The molecule has 0 bridgehead atoms. The third kappa shape index (κ3) is 2.59. The third-order valence-electron chi connectivity index (χ3n) is 3.00.